The van der Waals surface area contributed by atoms with Crippen LogP contribution < -0.4 is 10.1 Å². The minimum absolute atomic E-state index is 0.116. The Morgan fingerprint density at radius 2 is 2.07 bits per heavy atom. The summed E-state index contributed by atoms with van der Waals surface area (Å²) in [4.78, 5) is 2.59. The van der Waals surface area contributed by atoms with Gasteiger partial charge in [0.25, 0.3) is 0 Å². The lowest BCUT2D eigenvalue weighted by molar-refractivity contribution is 0.171. The number of aliphatic hydroxyl groups excluding tert-OH is 1. The summed E-state index contributed by atoms with van der Waals surface area (Å²) in [6.07, 6.45) is 8.51. The first-order valence-electron chi connectivity index (χ1n) is 11.3. The van der Waals surface area contributed by atoms with Crippen LogP contribution in [0, 0.1) is 5.92 Å². The van der Waals surface area contributed by atoms with Crippen molar-refractivity contribution in [3.63, 3.8) is 0 Å². The summed E-state index contributed by atoms with van der Waals surface area (Å²) in [5.74, 6) is 1.38. The first kappa shape index (κ1) is 19.7. The van der Waals surface area contributed by atoms with Crippen molar-refractivity contribution in [1.82, 2.24) is 4.90 Å². The molecule has 158 valence electrons. The zero-order valence-electron chi connectivity index (χ0n) is 17.8. The van der Waals surface area contributed by atoms with Crippen LogP contribution in [-0.4, -0.2) is 36.3 Å². The number of hydrogen-bond acceptors (Lipinski definition) is 4. The third-order valence-electron chi connectivity index (χ3n) is 7.20. The number of allylic oxidation sites excluding steroid dienone is 2. The van der Waals surface area contributed by atoms with Crippen molar-refractivity contribution in [2.24, 2.45) is 5.92 Å². The maximum Gasteiger partial charge on any atom is 0.123 e. The van der Waals surface area contributed by atoms with Gasteiger partial charge in [-0.2, -0.15) is 0 Å². The molecule has 2 aromatic rings. The molecule has 1 saturated heterocycles. The Morgan fingerprint density at radius 1 is 1.17 bits per heavy atom. The van der Waals surface area contributed by atoms with Gasteiger partial charge in [-0.1, -0.05) is 30.3 Å². The molecule has 1 aliphatic carbocycles. The molecular formula is C26H32N2O2. The Morgan fingerprint density at radius 3 is 2.87 bits per heavy atom. The molecule has 0 aromatic heterocycles. The second-order valence-electron chi connectivity index (χ2n) is 8.89. The number of nitrogens with one attached hydrogen (secondary N) is 1. The van der Waals surface area contributed by atoms with Crippen molar-refractivity contribution in [2.45, 2.75) is 50.7 Å². The van der Waals surface area contributed by atoms with E-state index >= 15 is 0 Å². The molecular weight excluding hydrogens is 372 g/mol. The second kappa shape index (κ2) is 8.44. The topological polar surface area (TPSA) is 44.7 Å². The molecule has 0 unspecified atom stereocenters. The van der Waals surface area contributed by atoms with Gasteiger partial charge in [0.1, 0.15) is 5.75 Å². The predicted molar refractivity (Wildman–Crippen MR) is 122 cm³/mol. The summed E-state index contributed by atoms with van der Waals surface area (Å²) in [6.45, 7) is 2.09. The van der Waals surface area contributed by atoms with Crippen molar-refractivity contribution in [3.8, 4) is 5.75 Å². The van der Waals surface area contributed by atoms with E-state index in [9.17, 15) is 5.11 Å². The Labute approximate surface area is 179 Å². The van der Waals surface area contributed by atoms with Crippen molar-refractivity contribution >= 4 is 11.3 Å². The molecule has 0 saturated carbocycles. The molecule has 2 aliphatic heterocycles. The van der Waals surface area contributed by atoms with E-state index in [1.54, 1.807) is 7.11 Å². The number of likely N-dealkylation sites (tertiary alicyclic amines) is 1. The third kappa shape index (κ3) is 3.52. The number of methoxy groups -OCH3 is 1. The van der Waals surface area contributed by atoms with E-state index in [0.29, 0.717) is 12.0 Å². The number of anilines is 1. The molecule has 4 heteroatoms. The SMILES string of the molecule is COc1ccccc1CN1CC[C@@H]2[C@H](CO)Nc3ccc(C4=CCCCC4)cc3[C@@H]21. The number of ether oxygens (including phenoxy) is 1. The monoisotopic (exact) mass is 404 g/mol. The van der Waals surface area contributed by atoms with Crippen LogP contribution in [0.25, 0.3) is 5.57 Å². The lowest BCUT2D eigenvalue weighted by atomic mass is 9.81. The molecule has 3 aliphatic rings. The Bertz CT molecular complexity index is 938. The number of aliphatic hydroxyl groups is 1. The van der Waals surface area contributed by atoms with Crippen LogP contribution in [0.1, 0.15) is 54.8 Å². The van der Waals surface area contributed by atoms with Crippen LogP contribution in [0.4, 0.5) is 5.69 Å². The van der Waals surface area contributed by atoms with Gasteiger partial charge in [0.2, 0.25) is 0 Å². The maximum atomic E-state index is 10.1. The fourth-order valence-corrected chi connectivity index (χ4v) is 5.69. The fraction of sp³-hybridized carbons (Fsp3) is 0.462. The highest BCUT2D eigenvalue weighted by atomic mass is 16.5. The molecule has 0 bridgehead atoms. The van der Waals surface area contributed by atoms with Gasteiger partial charge < -0.3 is 15.2 Å². The van der Waals surface area contributed by atoms with Crippen LogP contribution in [-0.2, 0) is 6.54 Å². The van der Waals surface area contributed by atoms with E-state index in [4.69, 9.17) is 4.74 Å². The van der Waals surface area contributed by atoms with E-state index in [1.165, 1.54) is 53.6 Å². The first-order valence-corrected chi connectivity index (χ1v) is 11.3. The summed E-state index contributed by atoms with van der Waals surface area (Å²) in [5, 5.41) is 13.7. The van der Waals surface area contributed by atoms with Gasteiger partial charge >= 0.3 is 0 Å². The Kier molecular flexibility index (Phi) is 5.53. The van der Waals surface area contributed by atoms with Crippen LogP contribution in [0.2, 0.25) is 0 Å². The van der Waals surface area contributed by atoms with Gasteiger partial charge in [-0.3, -0.25) is 4.90 Å². The van der Waals surface area contributed by atoms with E-state index < -0.39 is 0 Å². The molecule has 5 rings (SSSR count). The predicted octanol–water partition coefficient (Wildman–Crippen LogP) is 5.00. The minimum Gasteiger partial charge on any atom is -0.496 e. The number of fused-ring (bicyclic) bond motifs is 3. The zero-order valence-corrected chi connectivity index (χ0v) is 17.8. The first-order chi connectivity index (χ1) is 14.8. The number of rotatable bonds is 5. The van der Waals surface area contributed by atoms with Gasteiger partial charge in [-0.05, 0) is 73.5 Å². The molecule has 2 N–H and O–H groups in total. The number of hydrogen-bond donors (Lipinski definition) is 2. The molecule has 0 spiro atoms. The summed E-state index contributed by atoms with van der Waals surface area (Å²) >= 11 is 0. The van der Waals surface area contributed by atoms with Gasteiger partial charge in [0.15, 0.2) is 0 Å². The van der Waals surface area contributed by atoms with Crippen LogP contribution in [0.3, 0.4) is 0 Å². The summed E-state index contributed by atoms with van der Waals surface area (Å²) < 4.78 is 5.62. The van der Waals surface area contributed by atoms with E-state index in [-0.39, 0.29) is 12.6 Å². The molecule has 1 fully saturated rings. The number of para-hydroxylation sites is 1. The smallest absolute Gasteiger partial charge is 0.123 e. The largest absolute Gasteiger partial charge is 0.496 e. The molecule has 3 atom stereocenters. The summed E-state index contributed by atoms with van der Waals surface area (Å²) in [6, 6.07) is 15.7. The zero-order chi connectivity index (χ0) is 20.5. The number of benzene rings is 2. The molecule has 0 radical (unpaired) electrons. The van der Waals surface area contributed by atoms with Crippen LogP contribution >= 0.6 is 0 Å². The van der Waals surface area contributed by atoms with Crippen molar-refractivity contribution in [2.75, 3.05) is 25.6 Å². The fourth-order valence-electron chi connectivity index (χ4n) is 5.69. The third-order valence-corrected chi connectivity index (χ3v) is 7.20. The van der Waals surface area contributed by atoms with Gasteiger partial charge in [-0.15, -0.1) is 0 Å². The standard InChI is InChI=1S/C26H32N2O2/c1-30-25-10-6-5-9-20(25)16-28-14-13-21-24(17-29)27-23-12-11-19(15-22(23)26(21)28)18-7-3-2-4-8-18/h5-7,9-12,15,21,24,26-27,29H,2-4,8,13-14,16-17H2,1H3/t21-,24+,26-/m1/s1. The lowest BCUT2D eigenvalue weighted by Crippen LogP contribution is -2.41. The highest BCUT2D eigenvalue weighted by Crippen LogP contribution is 2.48. The van der Waals surface area contributed by atoms with E-state index in [2.05, 4.69) is 46.6 Å². The molecule has 2 heterocycles. The highest BCUT2D eigenvalue weighted by Gasteiger charge is 2.44. The Balaban J connectivity index is 1.51. The molecule has 30 heavy (non-hydrogen) atoms. The van der Waals surface area contributed by atoms with E-state index in [0.717, 1.165) is 25.3 Å². The van der Waals surface area contributed by atoms with Gasteiger partial charge in [-0.25, -0.2) is 0 Å². The minimum atomic E-state index is 0.116. The average molecular weight is 405 g/mol. The lowest BCUT2D eigenvalue weighted by Gasteiger charge is -2.39. The normalized spacial score (nSPS) is 25.8. The molecule has 0 amide bonds. The summed E-state index contributed by atoms with van der Waals surface area (Å²) in [7, 11) is 1.75. The molecule has 4 nitrogen and oxygen atoms in total. The quantitative estimate of drug-likeness (QED) is 0.736. The average Bonchev–Trinajstić information content (AvgIpc) is 3.23. The molecule has 2 aromatic carbocycles. The van der Waals surface area contributed by atoms with Crippen LogP contribution in [0.15, 0.2) is 48.5 Å². The van der Waals surface area contributed by atoms with Crippen molar-refractivity contribution < 1.29 is 9.84 Å². The number of nitrogens with zero attached hydrogens (tertiary/aromatic N) is 1. The van der Waals surface area contributed by atoms with Crippen molar-refractivity contribution in [3.05, 3.63) is 65.2 Å². The van der Waals surface area contributed by atoms with Crippen LogP contribution in [0.5, 0.6) is 5.75 Å². The van der Waals surface area contributed by atoms with Crippen molar-refractivity contribution in [1.29, 1.82) is 0 Å². The van der Waals surface area contributed by atoms with Gasteiger partial charge in [0, 0.05) is 29.8 Å². The maximum absolute atomic E-state index is 10.1. The Hall–Kier alpha value is -2.30. The highest BCUT2D eigenvalue weighted by molar-refractivity contribution is 5.71. The summed E-state index contributed by atoms with van der Waals surface area (Å²) in [5.41, 5.74) is 6.68. The van der Waals surface area contributed by atoms with E-state index in [1.807, 2.05) is 12.1 Å². The van der Waals surface area contributed by atoms with Gasteiger partial charge in [0.05, 0.1) is 19.8 Å². The second-order valence-corrected chi connectivity index (χ2v) is 8.89.